The predicted octanol–water partition coefficient (Wildman–Crippen LogP) is 1.87. The minimum absolute atomic E-state index is 0.235. The minimum atomic E-state index is -0.676. The summed E-state index contributed by atoms with van der Waals surface area (Å²) in [6.07, 6.45) is 3.46. The lowest BCUT2D eigenvalue weighted by Crippen LogP contribution is -2.52. The normalized spacial score (nSPS) is 18.8. The molecule has 2 amide bonds. The van der Waals surface area contributed by atoms with Gasteiger partial charge in [-0.2, -0.15) is 0 Å². The van der Waals surface area contributed by atoms with Gasteiger partial charge in [-0.15, -0.1) is 0 Å². The van der Waals surface area contributed by atoms with Crippen LogP contribution in [0.3, 0.4) is 0 Å². The van der Waals surface area contributed by atoms with Crippen LogP contribution in [0.4, 0.5) is 10.7 Å². The Morgan fingerprint density at radius 1 is 1.06 bits per heavy atom. The number of para-hydroxylation sites is 1. The van der Waals surface area contributed by atoms with E-state index in [4.69, 9.17) is 9.47 Å². The van der Waals surface area contributed by atoms with Gasteiger partial charge in [0.25, 0.3) is 0 Å². The van der Waals surface area contributed by atoms with Gasteiger partial charge in [0.05, 0.1) is 24.8 Å². The van der Waals surface area contributed by atoms with E-state index in [0.717, 1.165) is 26.2 Å². The Hall–Kier alpha value is -3.66. The molecule has 1 aromatic heterocycles. The van der Waals surface area contributed by atoms with E-state index in [0.29, 0.717) is 41.7 Å². The number of hydrogen-bond acceptors (Lipinski definition) is 8. The van der Waals surface area contributed by atoms with Crippen molar-refractivity contribution in [3.05, 3.63) is 59.6 Å². The van der Waals surface area contributed by atoms with Crippen LogP contribution in [-0.2, 0) is 9.53 Å². The van der Waals surface area contributed by atoms with E-state index in [9.17, 15) is 9.59 Å². The maximum absolute atomic E-state index is 13.1. The van der Waals surface area contributed by atoms with Crippen LogP contribution in [0.5, 0.6) is 5.75 Å². The Kier molecular flexibility index (Phi) is 7.58. The zero-order valence-corrected chi connectivity index (χ0v) is 19.5. The van der Waals surface area contributed by atoms with Crippen LogP contribution in [0, 0.1) is 0 Å². The number of benzene rings is 1. The number of nitrogens with one attached hydrogen (secondary N) is 2. The molecule has 180 valence electrons. The van der Waals surface area contributed by atoms with Crippen molar-refractivity contribution in [3.8, 4) is 5.75 Å². The lowest BCUT2D eigenvalue weighted by Gasteiger charge is -2.37. The monoisotopic (exact) mass is 466 g/mol. The van der Waals surface area contributed by atoms with Gasteiger partial charge in [0.1, 0.15) is 5.75 Å². The SMILES string of the molecule is CCOC(=O)C1=C(CN2CCN(c3ncccn3)CC2)NC(=O)N[C@H]1c1ccccc1OCC. The molecule has 1 saturated heterocycles. The Balaban J connectivity index is 1.60. The van der Waals surface area contributed by atoms with Gasteiger partial charge in [0, 0.05) is 56.4 Å². The predicted molar refractivity (Wildman–Crippen MR) is 126 cm³/mol. The summed E-state index contributed by atoms with van der Waals surface area (Å²) in [5.41, 5.74) is 1.65. The van der Waals surface area contributed by atoms with Crippen molar-refractivity contribution < 1.29 is 19.1 Å². The number of nitrogens with zero attached hydrogens (tertiary/aromatic N) is 4. The molecule has 0 unspecified atom stereocenters. The van der Waals surface area contributed by atoms with Crippen LogP contribution >= 0.6 is 0 Å². The summed E-state index contributed by atoms with van der Waals surface area (Å²) < 4.78 is 11.2. The summed E-state index contributed by atoms with van der Waals surface area (Å²) in [4.78, 5) is 38.7. The van der Waals surface area contributed by atoms with Crippen LogP contribution < -0.4 is 20.3 Å². The van der Waals surface area contributed by atoms with E-state index < -0.39 is 12.0 Å². The molecule has 1 aromatic carbocycles. The number of aromatic nitrogens is 2. The summed E-state index contributed by atoms with van der Waals surface area (Å²) in [6, 6.07) is 8.17. The Morgan fingerprint density at radius 2 is 1.79 bits per heavy atom. The third-order valence-corrected chi connectivity index (χ3v) is 5.77. The zero-order chi connectivity index (χ0) is 23.9. The first kappa shape index (κ1) is 23.5. The van der Waals surface area contributed by atoms with Gasteiger partial charge in [-0.05, 0) is 26.0 Å². The lowest BCUT2D eigenvalue weighted by atomic mass is 9.94. The number of esters is 1. The molecule has 0 radical (unpaired) electrons. The van der Waals surface area contributed by atoms with Crippen molar-refractivity contribution in [3.63, 3.8) is 0 Å². The molecular weight excluding hydrogens is 436 g/mol. The average molecular weight is 467 g/mol. The molecule has 1 atom stereocenters. The van der Waals surface area contributed by atoms with Crippen LogP contribution in [0.15, 0.2) is 54.0 Å². The summed E-state index contributed by atoms with van der Waals surface area (Å²) >= 11 is 0. The number of ether oxygens (including phenoxy) is 2. The Morgan fingerprint density at radius 3 is 2.50 bits per heavy atom. The smallest absolute Gasteiger partial charge is 0.338 e. The number of piperazine rings is 1. The molecule has 10 nitrogen and oxygen atoms in total. The van der Waals surface area contributed by atoms with Crippen molar-refractivity contribution in [1.29, 1.82) is 0 Å². The standard InChI is InChI=1S/C24H30N6O4/c1-3-33-19-9-6-5-8-17(19)21-20(22(31)34-4-2)18(27-24(32)28-21)16-29-12-14-30(15-13-29)23-25-10-7-11-26-23/h5-11,21H,3-4,12-16H2,1-2H3,(H2,27,28,32)/t21-/m0/s1. The molecule has 2 N–H and O–H groups in total. The van der Waals surface area contributed by atoms with Crippen molar-refractivity contribution in [2.24, 2.45) is 0 Å². The molecular formula is C24H30N6O4. The number of carbonyl (C=O) groups excluding carboxylic acids is 2. The number of hydrogen-bond donors (Lipinski definition) is 2. The summed E-state index contributed by atoms with van der Waals surface area (Å²) in [6.45, 7) is 7.74. The first-order valence-electron chi connectivity index (χ1n) is 11.5. The summed E-state index contributed by atoms with van der Waals surface area (Å²) in [7, 11) is 0. The fourth-order valence-corrected chi connectivity index (χ4v) is 4.22. The van der Waals surface area contributed by atoms with Crippen molar-refractivity contribution in [1.82, 2.24) is 25.5 Å². The van der Waals surface area contributed by atoms with E-state index >= 15 is 0 Å². The minimum Gasteiger partial charge on any atom is -0.494 e. The summed E-state index contributed by atoms with van der Waals surface area (Å²) in [5, 5.41) is 5.74. The van der Waals surface area contributed by atoms with Crippen molar-refractivity contribution in [2.45, 2.75) is 19.9 Å². The third kappa shape index (κ3) is 5.28. The first-order valence-corrected chi connectivity index (χ1v) is 11.5. The number of rotatable bonds is 8. The molecule has 2 aromatic rings. The maximum Gasteiger partial charge on any atom is 0.338 e. The topological polar surface area (TPSA) is 109 Å². The maximum atomic E-state index is 13.1. The second-order valence-electron chi connectivity index (χ2n) is 7.93. The van der Waals surface area contributed by atoms with E-state index in [2.05, 4.69) is 30.4 Å². The highest BCUT2D eigenvalue weighted by atomic mass is 16.5. The van der Waals surface area contributed by atoms with Gasteiger partial charge >= 0.3 is 12.0 Å². The zero-order valence-electron chi connectivity index (χ0n) is 19.5. The average Bonchev–Trinajstić information content (AvgIpc) is 2.85. The van der Waals surface area contributed by atoms with E-state index in [1.807, 2.05) is 31.2 Å². The van der Waals surface area contributed by atoms with Gasteiger partial charge in [-0.3, -0.25) is 4.90 Å². The number of amides is 2. The highest BCUT2D eigenvalue weighted by Gasteiger charge is 2.36. The Labute approximate surface area is 199 Å². The molecule has 1 fully saturated rings. The van der Waals surface area contributed by atoms with E-state index in [1.54, 1.807) is 25.4 Å². The lowest BCUT2D eigenvalue weighted by molar-refractivity contribution is -0.139. The molecule has 3 heterocycles. The van der Waals surface area contributed by atoms with E-state index in [-0.39, 0.29) is 12.6 Å². The van der Waals surface area contributed by atoms with Crippen LogP contribution in [0.1, 0.15) is 25.5 Å². The van der Waals surface area contributed by atoms with Gasteiger partial charge in [0.15, 0.2) is 0 Å². The quantitative estimate of drug-likeness (QED) is 0.568. The molecule has 2 aliphatic heterocycles. The second kappa shape index (κ2) is 11.0. The second-order valence-corrected chi connectivity index (χ2v) is 7.93. The first-order chi connectivity index (χ1) is 16.6. The molecule has 34 heavy (non-hydrogen) atoms. The van der Waals surface area contributed by atoms with Crippen molar-refractivity contribution in [2.75, 3.05) is 50.8 Å². The fraction of sp³-hybridized carbons (Fsp3) is 0.417. The highest BCUT2D eigenvalue weighted by Crippen LogP contribution is 2.34. The van der Waals surface area contributed by atoms with Gasteiger partial charge in [0.2, 0.25) is 5.95 Å². The number of anilines is 1. The molecule has 0 saturated carbocycles. The number of carbonyl (C=O) groups is 2. The molecule has 0 spiro atoms. The van der Waals surface area contributed by atoms with Gasteiger partial charge in [-0.1, -0.05) is 18.2 Å². The van der Waals surface area contributed by atoms with Crippen molar-refractivity contribution >= 4 is 17.9 Å². The van der Waals surface area contributed by atoms with Crippen LogP contribution in [-0.4, -0.2) is 72.8 Å². The molecule has 0 aliphatic carbocycles. The van der Waals surface area contributed by atoms with Crippen LogP contribution in [0.25, 0.3) is 0 Å². The molecule has 10 heteroatoms. The third-order valence-electron chi connectivity index (χ3n) is 5.77. The number of urea groups is 1. The molecule has 0 bridgehead atoms. The van der Waals surface area contributed by atoms with Crippen LogP contribution in [0.2, 0.25) is 0 Å². The van der Waals surface area contributed by atoms with E-state index in [1.165, 1.54) is 0 Å². The Bertz CT molecular complexity index is 1040. The van der Waals surface area contributed by atoms with Gasteiger partial charge in [-0.25, -0.2) is 19.6 Å². The molecule has 2 aliphatic rings. The fourth-order valence-electron chi connectivity index (χ4n) is 4.22. The molecule has 4 rings (SSSR count). The summed E-state index contributed by atoms with van der Waals surface area (Å²) in [5.74, 6) is 0.865. The largest absolute Gasteiger partial charge is 0.494 e. The highest BCUT2D eigenvalue weighted by molar-refractivity contribution is 5.95. The van der Waals surface area contributed by atoms with Gasteiger partial charge < -0.3 is 25.0 Å².